The van der Waals surface area contributed by atoms with E-state index < -0.39 is 17.5 Å². The van der Waals surface area contributed by atoms with Gasteiger partial charge in [-0.3, -0.25) is 0 Å². The highest BCUT2D eigenvalue weighted by Gasteiger charge is 2.27. The molecule has 0 saturated heterocycles. The normalized spacial score (nSPS) is 16.1. The molecule has 0 N–H and O–H groups in total. The Hall–Kier alpha value is -2.62. The van der Waals surface area contributed by atoms with Crippen LogP contribution in [0.1, 0.15) is 41.5 Å². The van der Waals surface area contributed by atoms with Crippen molar-refractivity contribution in [2.45, 2.75) is 38.5 Å². The molecule has 0 heterocycles. The molecule has 0 spiro atoms. The van der Waals surface area contributed by atoms with Gasteiger partial charge in [-0.15, -0.1) is 0 Å². The molecule has 0 aliphatic heterocycles. The van der Waals surface area contributed by atoms with Crippen LogP contribution in [0.2, 0.25) is 0 Å². The highest BCUT2D eigenvalue weighted by Crippen LogP contribution is 2.38. The van der Waals surface area contributed by atoms with Gasteiger partial charge < -0.3 is 0 Å². The molecule has 3 aromatic rings. The molecule has 0 fully saturated rings. The lowest BCUT2D eigenvalue weighted by atomic mass is 9.78. The van der Waals surface area contributed by atoms with Crippen LogP contribution in [0.25, 0.3) is 11.1 Å². The Balaban J connectivity index is 1.67. The number of hydrogen-bond acceptors (Lipinski definition) is 0. The van der Waals surface area contributed by atoms with Crippen LogP contribution in [-0.4, -0.2) is 0 Å². The Morgan fingerprint density at radius 3 is 2.14 bits per heavy atom. The lowest BCUT2D eigenvalue weighted by molar-refractivity contribution is 0.488. The van der Waals surface area contributed by atoms with Crippen LogP contribution < -0.4 is 0 Å². The number of aryl methyl sites for hydroxylation is 2. The third-order valence-electron chi connectivity index (χ3n) is 5.63. The van der Waals surface area contributed by atoms with Crippen molar-refractivity contribution < 1.29 is 17.6 Å². The van der Waals surface area contributed by atoms with Crippen LogP contribution in [0.5, 0.6) is 0 Å². The number of fused-ring (bicyclic) bond motifs is 1. The molecule has 4 rings (SSSR count). The molecular formula is C24H20F4. The predicted molar refractivity (Wildman–Crippen MR) is 102 cm³/mol. The average Bonchev–Trinajstić information content (AvgIpc) is 2.67. The van der Waals surface area contributed by atoms with Crippen LogP contribution in [0.15, 0.2) is 48.5 Å². The molecule has 1 aliphatic carbocycles. The Bertz CT molecular complexity index is 999. The molecule has 28 heavy (non-hydrogen) atoms. The minimum Gasteiger partial charge on any atom is -0.207 e. The van der Waals surface area contributed by atoms with Gasteiger partial charge in [0.25, 0.3) is 0 Å². The standard InChI is InChI=1S/C24H20F4/c1-2-14-9-22(27)24(23(28)10-14)17-4-3-16-12-20(21(26)13-18(16)11-17)15-5-7-19(25)8-6-15/h5-10,12-13,17H,2-4,11H2,1H3. The first-order valence-electron chi connectivity index (χ1n) is 9.51. The first-order valence-corrected chi connectivity index (χ1v) is 9.51. The van der Waals surface area contributed by atoms with E-state index in [1.165, 1.54) is 30.3 Å². The molecule has 3 aromatic carbocycles. The highest BCUT2D eigenvalue weighted by atomic mass is 19.1. The smallest absolute Gasteiger partial charge is 0.131 e. The van der Waals surface area contributed by atoms with Gasteiger partial charge in [-0.1, -0.05) is 19.1 Å². The fraction of sp³-hybridized carbons (Fsp3) is 0.250. The molecule has 0 saturated carbocycles. The molecule has 0 aromatic heterocycles. The van der Waals surface area contributed by atoms with Gasteiger partial charge in [0.15, 0.2) is 0 Å². The summed E-state index contributed by atoms with van der Waals surface area (Å²) in [5.74, 6) is -2.13. The lowest BCUT2D eigenvalue weighted by Crippen LogP contribution is -2.16. The zero-order valence-electron chi connectivity index (χ0n) is 15.5. The summed E-state index contributed by atoms with van der Waals surface area (Å²) < 4.78 is 56.9. The summed E-state index contributed by atoms with van der Waals surface area (Å²) in [7, 11) is 0. The quantitative estimate of drug-likeness (QED) is 0.439. The topological polar surface area (TPSA) is 0 Å². The molecule has 0 radical (unpaired) electrons. The molecular weight excluding hydrogens is 364 g/mol. The van der Waals surface area contributed by atoms with E-state index in [-0.39, 0.29) is 17.3 Å². The van der Waals surface area contributed by atoms with Crippen LogP contribution in [0, 0.1) is 23.3 Å². The Kier molecular flexibility index (Phi) is 4.96. The van der Waals surface area contributed by atoms with Gasteiger partial charge in [0.1, 0.15) is 23.3 Å². The predicted octanol–water partition coefficient (Wildman–Crippen LogP) is 6.74. The van der Waals surface area contributed by atoms with Crippen molar-refractivity contribution in [3.8, 4) is 11.1 Å². The van der Waals surface area contributed by atoms with Crippen molar-refractivity contribution in [2.75, 3.05) is 0 Å². The summed E-state index contributed by atoms with van der Waals surface area (Å²) in [4.78, 5) is 0. The van der Waals surface area contributed by atoms with E-state index in [1.807, 2.05) is 6.92 Å². The van der Waals surface area contributed by atoms with Gasteiger partial charge in [0, 0.05) is 11.1 Å². The molecule has 0 amide bonds. The van der Waals surface area contributed by atoms with Crippen molar-refractivity contribution in [2.24, 2.45) is 0 Å². The van der Waals surface area contributed by atoms with Gasteiger partial charge >= 0.3 is 0 Å². The van der Waals surface area contributed by atoms with Gasteiger partial charge in [0.05, 0.1) is 0 Å². The van der Waals surface area contributed by atoms with E-state index in [9.17, 15) is 17.6 Å². The number of benzene rings is 3. The number of rotatable bonds is 3. The summed E-state index contributed by atoms with van der Waals surface area (Å²) in [6.45, 7) is 1.85. The van der Waals surface area contributed by atoms with E-state index in [0.29, 0.717) is 42.4 Å². The van der Waals surface area contributed by atoms with Crippen LogP contribution in [0.4, 0.5) is 17.6 Å². The average molecular weight is 384 g/mol. The summed E-state index contributed by atoms with van der Waals surface area (Å²) >= 11 is 0. The summed E-state index contributed by atoms with van der Waals surface area (Å²) in [5, 5.41) is 0. The maximum absolute atomic E-state index is 14.7. The van der Waals surface area contributed by atoms with Crippen molar-refractivity contribution in [3.05, 3.63) is 94.1 Å². The van der Waals surface area contributed by atoms with Crippen molar-refractivity contribution in [1.29, 1.82) is 0 Å². The van der Waals surface area contributed by atoms with E-state index >= 15 is 0 Å². The van der Waals surface area contributed by atoms with Crippen LogP contribution >= 0.6 is 0 Å². The minimum atomic E-state index is -0.520. The summed E-state index contributed by atoms with van der Waals surface area (Å²) in [5.41, 5.74) is 3.51. The maximum atomic E-state index is 14.7. The molecule has 4 heteroatoms. The Labute approximate surface area is 161 Å². The third-order valence-corrected chi connectivity index (χ3v) is 5.63. The highest BCUT2D eigenvalue weighted by molar-refractivity contribution is 5.66. The molecule has 1 atom stereocenters. The lowest BCUT2D eigenvalue weighted by Gasteiger charge is -2.26. The third kappa shape index (κ3) is 3.44. The monoisotopic (exact) mass is 384 g/mol. The van der Waals surface area contributed by atoms with Crippen LogP contribution in [0.3, 0.4) is 0 Å². The Morgan fingerprint density at radius 2 is 1.50 bits per heavy atom. The second kappa shape index (κ2) is 7.42. The molecule has 0 nitrogen and oxygen atoms in total. The Morgan fingerprint density at radius 1 is 0.821 bits per heavy atom. The van der Waals surface area contributed by atoms with E-state index in [0.717, 1.165) is 11.1 Å². The van der Waals surface area contributed by atoms with Crippen molar-refractivity contribution >= 4 is 0 Å². The van der Waals surface area contributed by atoms with Gasteiger partial charge in [-0.25, -0.2) is 17.6 Å². The molecule has 0 bridgehead atoms. The SMILES string of the molecule is CCc1cc(F)c(C2CCc3cc(-c4ccc(F)cc4)c(F)cc3C2)c(F)c1. The molecule has 1 aliphatic rings. The second-order valence-electron chi connectivity index (χ2n) is 7.37. The summed E-state index contributed by atoms with van der Waals surface area (Å²) in [6, 6.07) is 11.7. The van der Waals surface area contributed by atoms with E-state index in [2.05, 4.69) is 0 Å². The minimum absolute atomic E-state index is 0.103. The maximum Gasteiger partial charge on any atom is 0.131 e. The number of hydrogen-bond donors (Lipinski definition) is 0. The molecule has 1 unspecified atom stereocenters. The van der Waals surface area contributed by atoms with E-state index in [4.69, 9.17) is 0 Å². The van der Waals surface area contributed by atoms with Crippen LogP contribution in [-0.2, 0) is 19.3 Å². The van der Waals surface area contributed by atoms with Gasteiger partial charge in [0.2, 0.25) is 0 Å². The fourth-order valence-corrected chi connectivity index (χ4v) is 4.11. The summed E-state index contributed by atoms with van der Waals surface area (Å²) in [6.07, 6.45) is 2.18. The number of halogens is 4. The van der Waals surface area contributed by atoms with Gasteiger partial charge in [-0.05, 0) is 90.3 Å². The van der Waals surface area contributed by atoms with Gasteiger partial charge in [-0.2, -0.15) is 0 Å². The largest absolute Gasteiger partial charge is 0.207 e. The zero-order valence-corrected chi connectivity index (χ0v) is 15.5. The first kappa shape index (κ1) is 18.7. The molecule has 144 valence electrons. The first-order chi connectivity index (χ1) is 13.5. The van der Waals surface area contributed by atoms with Crippen molar-refractivity contribution in [3.63, 3.8) is 0 Å². The van der Waals surface area contributed by atoms with E-state index in [1.54, 1.807) is 18.2 Å². The fourth-order valence-electron chi connectivity index (χ4n) is 4.11. The zero-order chi connectivity index (χ0) is 19.8. The van der Waals surface area contributed by atoms with Crippen molar-refractivity contribution in [1.82, 2.24) is 0 Å². The second-order valence-corrected chi connectivity index (χ2v) is 7.37.